The molecule has 0 saturated heterocycles. The molecule has 2 rings (SSSR count). The highest BCUT2D eigenvalue weighted by Crippen LogP contribution is 2.24. The molecule has 0 aromatic heterocycles. The molecule has 2 aromatic rings. The first-order chi connectivity index (χ1) is 12.9. The van der Waals surface area contributed by atoms with Crippen LogP contribution in [-0.2, 0) is 4.79 Å². The minimum Gasteiger partial charge on any atom is -0.410 e. The van der Waals surface area contributed by atoms with Gasteiger partial charge in [-0.25, -0.2) is 4.79 Å². The Kier molecular flexibility index (Phi) is 7.73. The molecule has 0 saturated carbocycles. The van der Waals surface area contributed by atoms with Crippen LogP contribution in [0.2, 0.25) is 0 Å². The first kappa shape index (κ1) is 20.8. The molecular formula is C21H26N2O3S. The van der Waals surface area contributed by atoms with Crippen LogP contribution >= 0.6 is 11.8 Å². The fraction of sp³-hybridized carbons (Fsp3) is 0.333. The van der Waals surface area contributed by atoms with Gasteiger partial charge >= 0.3 is 6.09 Å². The number of carbonyl (C=O) groups excluding carboxylic acids is 2. The molecule has 2 aromatic carbocycles. The molecule has 0 fully saturated rings. The number of rotatable bonds is 8. The molecule has 1 unspecified atom stereocenters. The lowest BCUT2D eigenvalue weighted by Crippen LogP contribution is -2.56. The van der Waals surface area contributed by atoms with Gasteiger partial charge in [-0.2, -0.15) is 0 Å². The molecular weight excluding hydrogens is 360 g/mol. The number of nitrogens with zero attached hydrogens (tertiary/aromatic N) is 1. The van der Waals surface area contributed by atoms with Crippen molar-refractivity contribution in [1.82, 2.24) is 4.90 Å². The molecule has 6 heteroatoms. The maximum atomic E-state index is 12.9. The average Bonchev–Trinajstić information content (AvgIpc) is 2.65. The third kappa shape index (κ3) is 6.03. The number of nitrogens with two attached hydrogens (primary N) is 1. The number of ether oxygens (including phenoxy) is 1. The maximum Gasteiger partial charge on any atom is 0.416 e. The summed E-state index contributed by atoms with van der Waals surface area (Å²) in [4.78, 5) is 27.6. The monoisotopic (exact) mass is 386 g/mol. The highest BCUT2D eigenvalue weighted by molar-refractivity contribution is 7.99. The van der Waals surface area contributed by atoms with Crippen molar-refractivity contribution >= 4 is 23.8 Å². The predicted octanol–water partition coefficient (Wildman–Crippen LogP) is 4.18. The van der Waals surface area contributed by atoms with E-state index in [2.05, 4.69) is 0 Å². The van der Waals surface area contributed by atoms with E-state index >= 15 is 0 Å². The lowest BCUT2D eigenvalue weighted by Gasteiger charge is -2.35. The summed E-state index contributed by atoms with van der Waals surface area (Å²) in [5.41, 5.74) is 5.62. The zero-order chi connectivity index (χ0) is 19.8. The molecule has 0 bridgehead atoms. The minimum atomic E-state index is -0.743. The highest BCUT2D eigenvalue weighted by atomic mass is 32.2. The quantitative estimate of drug-likeness (QED) is 0.691. The number of benzene rings is 2. The molecule has 0 spiro atoms. The molecule has 27 heavy (non-hydrogen) atoms. The summed E-state index contributed by atoms with van der Waals surface area (Å²) in [6.45, 7) is 5.64. The second-order valence-corrected chi connectivity index (χ2v) is 7.75. The van der Waals surface area contributed by atoms with E-state index in [0.717, 1.165) is 4.90 Å². The van der Waals surface area contributed by atoms with Gasteiger partial charge in [0.2, 0.25) is 5.91 Å². The van der Waals surface area contributed by atoms with E-state index in [4.69, 9.17) is 10.5 Å². The second-order valence-electron chi connectivity index (χ2n) is 6.65. The normalized spacial score (nSPS) is 13.0. The van der Waals surface area contributed by atoms with Gasteiger partial charge in [0.05, 0.1) is 0 Å². The molecule has 0 radical (unpaired) electrons. The lowest BCUT2D eigenvalue weighted by atomic mass is 10.0. The van der Waals surface area contributed by atoms with Gasteiger partial charge < -0.3 is 10.5 Å². The maximum absolute atomic E-state index is 12.9. The number of para-hydroxylation sites is 1. The van der Waals surface area contributed by atoms with Crippen molar-refractivity contribution in [1.29, 1.82) is 0 Å². The summed E-state index contributed by atoms with van der Waals surface area (Å²) in [6, 6.07) is 17.7. The average molecular weight is 387 g/mol. The van der Waals surface area contributed by atoms with Gasteiger partial charge in [-0.05, 0) is 37.1 Å². The number of carbonyl (C=O) groups is 2. The highest BCUT2D eigenvalue weighted by Gasteiger charge is 2.35. The molecule has 0 aliphatic rings. The van der Waals surface area contributed by atoms with Crippen LogP contribution in [0.5, 0.6) is 5.75 Å². The SMILES string of the molecule is CC(C)[C@@H](C(N)=O)N(C(=O)Oc1ccccc1)C(C)CSc1ccccc1. The number of thioether (sulfide) groups is 1. The van der Waals surface area contributed by atoms with Crippen LogP contribution in [0.25, 0.3) is 0 Å². The van der Waals surface area contributed by atoms with E-state index in [1.165, 1.54) is 4.90 Å². The third-order valence-electron chi connectivity index (χ3n) is 4.09. The summed E-state index contributed by atoms with van der Waals surface area (Å²) in [5.74, 6) is 0.383. The summed E-state index contributed by atoms with van der Waals surface area (Å²) >= 11 is 1.62. The van der Waals surface area contributed by atoms with Crippen molar-refractivity contribution in [3.05, 3.63) is 60.7 Å². The first-order valence-electron chi connectivity index (χ1n) is 8.92. The Morgan fingerprint density at radius 3 is 2.07 bits per heavy atom. The predicted molar refractivity (Wildman–Crippen MR) is 109 cm³/mol. The van der Waals surface area contributed by atoms with Crippen molar-refractivity contribution < 1.29 is 14.3 Å². The Morgan fingerprint density at radius 1 is 1.00 bits per heavy atom. The topological polar surface area (TPSA) is 72.6 Å². The van der Waals surface area contributed by atoms with E-state index in [-0.39, 0.29) is 12.0 Å². The minimum absolute atomic E-state index is 0.130. The third-order valence-corrected chi connectivity index (χ3v) is 5.35. The number of hydrogen-bond donors (Lipinski definition) is 1. The molecule has 2 atom stereocenters. The van der Waals surface area contributed by atoms with Crippen LogP contribution < -0.4 is 10.5 Å². The van der Waals surface area contributed by atoms with E-state index in [1.54, 1.807) is 36.0 Å². The van der Waals surface area contributed by atoms with Crippen LogP contribution in [0.3, 0.4) is 0 Å². The van der Waals surface area contributed by atoms with Crippen LogP contribution in [0.1, 0.15) is 20.8 Å². The Hall–Kier alpha value is -2.47. The van der Waals surface area contributed by atoms with E-state index < -0.39 is 18.0 Å². The van der Waals surface area contributed by atoms with Gasteiger partial charge in [-0.3, -0.25) is 9.69 Å². The molecule has 144 valence electrons. The smallest absolute Gasteiger partial charge is 0.410 e. The van der Waals surface area contributed by atoms with Gasteiger partial charge in [0.1, 0.15) is 11.8 Å². The van der Waals surface area contributed by atoms with Crippen LogP contribution in [0.4, 0.5) is 4.79 Å². The largest absolute Gasteiger partial charge is 0.416 e. The van der Waals surface area contributed by atoms with Gasteiger partial charge in [-0.1, -0.05) is 50.2 Å². The Bertz CT molecular complexity index is 738. The second kappa shape index (κ2) is 10.0. The summed E-state index contributed by atoms with van der Waals surface area (Å²) in [7, 11) is 0. The van der Waals surface area contributed by atoms with Crippen molar-refractivity contribution in [2.75, 3.05) is 5.75 Å². The van der Waals surface area contributed by atoms with Crippen molar-refractivity contribution in [3.63, 3.8) is 0 Å². The lowest BCUT2D eigenvalue weighted by molar-refractivity contribution is -0.124. The van der Waals surface area contributed by atoms with Crippen LogP contribution in [-0.4, -0.2) is 34.7 Å². The van der Waals surface area contributed by atoms with E-state index in [9.17, 15) is 9.59 Å². The first-order valence-corrected chi connectivity index (χ1v) is 9.91. The van der Waals surface area contributed by atoms with Crippen LogP contribution in [0, 0.1) is 5.92 Å². The molecule has 2 N–H and O–H groups in total. The van der Waals surface area contributed by atoms with Crippen LogP contribution in [0.15, 0.2) is 65.6 Å². The van der Waals surface area contributed by atoms with Gasteiger partial charge in [0.15, 0.2) is 0 Å². The summed E-state index contributed by atoms with van der Waals surface area (Å²) in [6.07, 6.45) is -0.570. The zero-order valence-corrected chi connectivity index (χ0v) is 16.7. The van der Waals surface area contributed by atoms with Crippen molar-refractivity contribution in [3.8, 4) is 5.75 Å². The number of hydrogen-bond acceptors (Lipinski definition) is 4. The molecule has 0 aliphatic carbocycles. The standard InChI is InChI=1S/C21H26N2O3S/c1-15(2)19(20(22)24)23(21(25)26-17-10-6-4-7-11-17)16(3)14-27-18-12-8-5-9-13-18/h4-13,15-16,19H,14H2,1-3H3,(H2,22,24)/t16?,19-/m0/s1. The summed E-state index contributed by atoms with van der Waals surface area (Å²) in [5, 5.41) is 0. The van der Waals surface area contributed by atoms with Crippen molar-refractivity contribution in [2.24, 2.45) is 11.7 Å². The molecule has 0 heterocycles. The van der Waals surface area contributed by atoms with E-state index in [1.807, 2.05) is 57.2 Å². The van der Waals surface area contributed by atoms with Gasteiger partial charge in [-0.15, -0.1) is 11.8 Å². The Morgan fingerprint density at radius 2 is 1.56 bits per heavy atom. The molecule has 2 amide bonds. The number of amides is 2. The molecule has 5 nitrogen and oxygen atoms in total. The Balaban J connectivity index is 2.19. The summed E-state index contributed by atoms with van der Waals surface area (Å²) < 4.78 is 5.50. The fourth-order valence-corrected chi connectivity index (χ4v) is 3.75. The van der Waals surface area contributed by atoms with Crippen molar-refractivity contribution in [2.45, 2.75) is 37.8 Å². The van der Waals surface area contributed by atoms with Gasteiger partial charge in [0.25, 0.3) is 0 Å². The molecule has 0 aliphatic heterocycles. The van der Waals surface area contributed by atoms with E-state index in [0.29, 0.717) is 11.5 Å². The number of primary amides is 1. The fourth-order valence-electron chi connectivity index (χ4n) is 2.81. The zero-order valence-electron chi connectivity index (χ0n) is 15.9. The van der Waals surface area contributed by atoms with Gasteiger partial charge in [0, 0.05) is 16.7 Å². The Labute approximate surface area is 164 Å².